The average Bonchev–Trinajstić information content (AvgIpc) is 2.54. The van der Waals surface area contributed by atoms with E-state index in [-0.39, 0.29) is 18.3 Å². The number of pyridine rings is 1. The Kier molecular flexibility index (Phi) is 4.66. The number of carbonyl (C=O) groups is 2. The van der Waals surface area contributed by atoms with Crippen molar-refractivity contribution in [3.8, 4) is 0 Å². The molecule has 3 rings (SSSR count). The Morgan fingerprint density at radius 2 is 2.25 bits per heavy atom. The molecule has 0 saturated heterocycles. The van der Waals surface area contributed by atoms with E-state index >= 15 is 0 Å². The van der Waals surface area contributed by atoms with Gasteiger partial charge in [-0.05, 0) is 24.5 Å². The van der Waals surface area contributed by atoms with E-state index in [1.165, 1.54) is 0 Å². The molecule has 0 aromatic carbocycles. The summed E-state index contributed by atoms with van der Waals surface area (Å²) in [6.07, 6.45) is 3.59. The van der Waals surface area contributed by atoms with Crippen LogP contribution >= 0.6 is 0 Å². The molecule has 0 saturated carbocycles. The molecular weight excluding hydrogens is 308 g/mol. The number of esters is 1. The van der Waals surface area contributed by atoms with Gasteiger partial charge >= 0.3 is 5.97 Å². The third kappa shape index (κ3) is 2.94. The lowest BCUT2D eigenvalue weighted by molar-refractivity contribution is -0.155. The fraction of sp³-hybridized carbons (Fsp3) is 0.500. The van der Waals surface area contributed by atoms with Crippen LogP contribution in [-0.4, -0.2) is 29.6 Å². The number of allylic oxidation sites excluding steroid dienone is 2. The minimum absolute atomic E-state index is 0.0128. The molecule has 2 heterocycles. The van der Waals surface area contributed by atoms with Gasteiger partial charge in [-0.3, -0.25) is 20.3 Å². The van der Waals surface area contributed by atoms with Crippen LogP contribution in [0.2, 0.25) is 0 Å². The van der Waals surface area contributed by atoms with Crippen LogP contribution in [0.1, 0.15) is 38.2 Å². The van der Waals surface area contributed by atoms with Gasteiger partial charge in [-0.2, -0.15) is 0 Å². The summed E-state index contributed by atoms with van der Waals surface area (Å²) in [5.41, 5.74) is 7.49. The van der Waals surface area contributed by atoms with Gasteiger partial charge in [0.25, 0.3) is 0 Å². The topological polar surface area (TPSA) is 91.5 Å². The molecular formula is C18H22N2O4. The smallest absolute Gasteiger partial charge is 0.315 e. The normalized spacial score (nSPS) is 29.7. The Labute approximate surface area is 141 Å². The predicted octanol–water partition coefficient (Wildman–Crippen LogP) is 1.91. The number of nitrogens with zero attached hydrogens (tertiary/aromatic N) is 1. The Bertz CT molecular complexity index is 671. The zero-order valence-corrected chi connectivity index (χ0v) is 13.9. The molecule has 0 bridgehead atoms. The number of hydrogen-bond acceptors (Lipinski definition) is 6. The number of hydrogen-bond donors (Lipinski definition) is 1. The van der Waals surface area contributed by atoms with Gasteiger partial charge in [0, 0.05) is 36.7 Å². The predicted molar refractivity (Wildman–Crippen MR) is 86.6 cm³/mol. The van der Waals surface area contributed by atoms with Gasteiger partial charge in [0.2, 0.25) is 0 Å². The first-order valence-corrected chi connectivity index (χ1v) is 8.28. The molecule has 0 fully saturated rings. The summed E-state index contributed by atoms with van der Waals surface area (Å²) in [6.45, 7) is 4.00. The molecule has 1 aliphatic heterocycles. The van der Waals surface area contributed by atoms with E-state index in [4.69, 9.17) is 15.2 Å². The first-order valence-electron chi connectivity index (χ1n) is 8.28. The molecule has 4 unspecified atom stereocenters. The van der Waals surface area contributed by atoms with Crippen molar-refractivity contribution in [2.75, 3.05) is 6.61 Å². The van der Waals surface area contributed by atoms with E-state index in [0.29, 0.717) is 24.2 Å². The summed E-state index contributed by atoms with van der Waals surface area (Å²) in [5.74, 6) is -0.852. The summed E-state index contributed by atoms with van der Waals surface area (Å²) in [6, 6.07) is 3.65. The zero-order chi connectivity index (χ0) is 17.3. The Hall–Kier alpha value is -2.21. The number of nitrogens with two attached hydrogens (primary N) is 1. The van der Waals surface area contributed by atoms with Gasteiger partial charge in [0.05, 0.1) is 6.61 Å². The van der Waals surface area contributed by atoms with Crippen LogP contribution in [0.4, 0.5) is 0 Å². The third-order valence-corrected chi connectivity index (χ3v) is 4.57. The molecule has 4 atom stereocenters. The zero-order valence-electron chi connectivity index (χ0n) is 13.9. The molecule has 0 amide bonds. The first-order chi connectivity index (χ1) is 11.5. The van der Waals surface area contributed by atoms with Crippen molar-refractivity contribution in [1.29, 1.82) is 0 Å². The number of Topliss-reactive ketones (excluding diaryl/α,β-unsaturated/α-hetero) is 1. The summed E-state index contributed by atoms with van der Waals surface area (Å²) in [7, 11) is 0. The molecule has 0 spiro atoms. The molecule has 2 N–H and O–H groups in total. The van der Waals surface area contributed by atoms with Crippen molar-refractivity contribution in [3.05, 3.63) is 41.4 Å². The van der Waals surface area contributed by atoms with Crippen LogP contribution in [0.3, 0.4) is 0 Å². The quantitative estimate of drug-likeness (QED) is 0.851. The van der Waals surface area contributed by atoms with E-state index in [1.807, 2.05) is 13.0 Å². The summed E-state index contributed by atoms with van der Waals surface area (Å²) >= 11 is 0. The van der Waals surface area contributed by atoms with Crippen molar-refractivity contribution in [3.63, 3.8) is 0 Å². The monoisotopic (exact) mass is 330 g/mol. The van der Waals surface area contributed by atoms with Gasteiger partial charge in [-0.25, -0.2) is 0 Å². The first kappa shape index (κ1) is 16.6. The molecule has 1 aromatic heterocycles. The fourth-order valence-electron chi connectivity index (χ4n) is 3.59. The lowest BCUT2D eigenvalue weighted by atomic mass is 9.72. The van der Waals surface area contributed by atoms with Crippen LogP contribution < -0.4 is 5.73 Å². The van der Waals surface area contributed by atoms with E-state index in [2.05, 4.69) is 4.98 Å². The highest BCUT2D eigenvalue weighted by Gasteiger charge is 2.48. The number of rotatable bonds is 3. The maximum absolute atomic E-state index is 12.7. The van der Waals surface area contributed by atoms with Crippen LogP contribution in [-0.2, 0) is 19.1 Å². The highest BCUT2D eigenvalue weighted by Crippen LogP contribution is 2.45. The highest BCUT2D eigenvalue weighted by atomic mass is 16.5. The summed E-state index contributed by atoms with van der Waals surface area (Å²) in [4.78, 5) is 29.3. The second-order valence-electron chi connectivity index (χ2n) is 6.40. The van der Waals surface area contributed by atoms with Gasteiger partial charge in [-0.15, -0.1) is 0 Å². The molecule has 24 heavy (non-hydrogen) atoms. The summed E-state index contributed by atoms with van der Waals surface area (Å²) < 4.78 is 11.0. The number of ketones is 1. The lowest BCUT2D eigenvalue weighted by Gasteiger charge is -2.40. The van der Waals surface area contributed by atoms with Gasteiger partial charge in [0.1, 0.15) is 11.7 Å². The molecule has 128 valence electrons. The molecule has 6 nitrogen and oxygen atoms in total. The molecule has 1 aliphatic carbocycles. The summed E-state index contributed by atoms with van der Waals surface area (Å²) in [5, 5.41) is 0. The van der Waals surface area contributed by atoms with E-state index in [0.717, 1.165) is 5.56 Å². The minimum atomic E-state index is -0.842. The Balaban J connectivity index is 2.11. The number of aromatic nitrogens is 1. The van der Waals surface area contributed by atoms with Crippen molar-refractivity contribution in [1.82, 2.24) is 4.98 Å². The van der Waals surface area contributed by atoms with Crippen molar-refractivity contribution in [2.24, 2.45) is 17.6 Å². The Morgan fingerprint density at radius 3 is 2.92 bits per heavy atom. The third-order valence-electron chi connectivity index (χ3n) is 4.57. The fourth-order valence-corrected chi connectivity index (χ4v) is 3.59. The number of ether oxygens (including phenoxy) is 2. The average molecular weight is 330 g/mol. The molecule has 2 aliphatic rings. The van der Waals surface area contributed by atoms with E-state index in [9.17, 15) is 9.59 Å². The van der Waals surface area contributed by atoms with Gasteiger partial charge < -0.3 is 9.47 Å². The SMILES string of the molecule is CCOC(=O)C1C(N)OC2=C(C(=O)CC(C)C2)C1c1cccnc1. The van der Waals surface area contributed by atoms with Crippen molar-refractivity contribution in [2.45, 2.75) is 38.8 Å². The second-order valence-corrected chi connectivity index (χ2v) is 6.40. The minimum Gasteiger partial charge on any atom is -0.479 e. The highest BCUT2D eigenvalue weighted by molar-refractivity contribution is 5.99. The van der Waals surface area contributed by atoms with E-state index in [1.54, 1.807) is 25.4 Å². The van der Waals surface area contributed by atoms with Gasteiger partial charge in [-0.1, -0.05) is 13.0 Å². The molecule has 0 radical (unpaired) electrons. The molecule has 6 heteroatoms. The maximum atomic E-state index is 12.7. The lowest BCUT2D eigenvalue weighted by Crippen LogP contribution is -2.48. The van der Waals surface area contributed by atoms with Crippen LogP contribution in [0.5, 0.6) is 0 Å². The molecule has 1 aromatic rings. The van der Waals surface area contributed by atoms with Crippen molar-refractivity contribution < 1.29 is 19.1 Å². The van der Waals surface area contributed by atoms with Crippen LogP contribution in [0.15, 0.2) is 35.9 Å². The second kappa shape index (κ2) is 6.73. The largest absolute Gasteiger partial charge is 0.479 e. The van der Waals surface area contributed by atoms with E-state index < -0.39 is 24.0 Å². The van der Waals surface area contributed by atoms with Crippen LogP contribution in [0.25, 0.3) is 0 Å². The van der Waals surface area contributed by atoms with Gasteiger partial charge in [0.15, 0.2) is 12.0 Å². The maximum Gasteiger partial charge on any atom is 0.315 e. The Morgan fingerprint density at radius 1 is 1.46 bits per heavy atom. The standard InChI is InChI=1S/C18H22N2O4/c1-3-23-18(22)16-14(11-5-4-6-20-9-11)15-12(21)7-10(2)8-13(15)24-17(16)19/h4-6,9-10,14,16-17H,3,7-8,19H2,1-2H3. The number of carbonyl (C=O) groups excluding carboxylic acids is 2. The van der Waals surface area contributed by atoms with Crippen molar-refractivity contribution >= 4 is 11.8 Å². The van der Waals surface area contributed by atoms with Crippen LogP contribution in [0, 0.1) is 11.8 Å².